The number of aromatic nitrogens is 1. The van der Waals surface area contributed by atoms with Gasteiger partial charge in [-0.2, -0.15) is 0 Å². The predicted octanol–water partition coefficient (Wildman–Crippen LogP) is 2.33. The number of nitrogens with one attached hydrogen (secondary N) is 1. The van der Waals surface area contributed by atoms with Crippen LogP contribution < -0.4 is 5.32 Å². The highest BCUT2D eigenvalue weighted by atomic mass is 32.2. The van der Waals surface area contributed by atoms with Crippen molar-refractivity contribution in [2.24, 2.45) is 5.41 Å². The summed E-state index contributed by atoms with van der Waals surface area (Å²) in [5.41, 5.74) is 0.367. The number of hydrogen-bond donors (Lipinski definition) is 2. The summed E-state index contributed by atoms with van der Waals surface area (Å²) in [6.45, 7) is 4.63. The minimum absolute atomic E-state index is 0.0860. The number of carbonyl (C=O) groups excluding carboxylic acids is 1. The second kappa shape index (κ2) is 7.50. The molecule has 5 heteroatoms. The Bertz CT molecular complexity index is 411. The van der Waals surface area contributed by atoms with Crippen molar-refractivity contribution in [1.82, 2.24) is 10.3 Å². The molecule has 0 spiro atoms. The molecule has 0 atom stereocenters. The standard InChI is InChI=1S/C14H22N2O2S/c1-4-14(5-2,10-17)9-16-12(18)11-7-6-8-15-13(11)19-3/h6-8,17H,4-5,9-10H2,1-3H3,(H,16,18). The van der Waals surface area contributed by atoms with Gasteiger partial charge in [0.05, 0.1) is 12.2 Å². The Hall–Kier alpha value is -1.07. The van der Waals surface area contributed by atoms with Crippen molar-refractivity contribution in [3.8, 4) is 0 Å². The van der Waals surface area contributed by atoms with Crippen molar-refractivity contribution < 1.29 is 9.90 Å². The number of carbonyl (C=O) groups is 1. The normalized spacial score (nSPS) is 11.4. The minimum Gasteiger partial charge on any atom is -0.396 e. The second-order valence-corrected chi connectivity index (χ2v) is 5.40. The van der Waals surface area contributed by atoms with Crippen molar-refractivity contribution in [2.75, 3.05) is 19.4 Å². The van der Waals surface area contributed by atoms with Gasteiger partial charge in [-0.3, -0.25) is 4.79 Å². The predicted molar refractivity (Wildman–Crippen MR) is 78.5 cm³/mol. The van der Waals surface area contributed by atoms with Gasteiger partial charge in [0.2, 0.25) is 0 Å². The van der Waals surface area contributed by atoms with Gasteiger partial charge in [-0.15, -0.1) is 11.8 Å². The van der Waals surface area contributed by atoms with Gasteiger partial charge in [0, 0.05) is 18.2 Å². The first-order valence-corrected chi connectivity index (χ1v) is 7.73. The number of pyridine rings is 1. The lowest BCUT2D eigenvalue weighted by atomic mass is 9.83. The molecule has 0 aliphatic carbocycles. The van der Waals surface area contributed by atoms with E-state index < -0.39 is 0 Å². The zero-order valence-corrected chi connectivity index (χ0v) is 12.6. The Kier molecular flexibility index (Phi) is 6.31. The molecule has 1 aromatic rings. The third-order valence-electron chi connectivity index (χ3n) is 3.67. The van der Waals surface area contributed by atoms with E-state index in [1.54, 1.807) is 18.3 Å². The van der Waals surface area contributed by atoms with Crippen molar-refractivity contribution in [3.05, 3.63) is 23.9 Å². The molecule has 19 heavy (non-hydrogen) atoms. The van der Waals surface area contributed by atoms with E-state index in [0.717, 1.165) is 17.9 Å². The zero-order chi connectivity index (χ0) is 14.3. The Labute approximate surface area is 119 Å². The fraction of sp³-hybridized carbons (Fsp3) is 0.571. The Morgan fingerprint density at radius 2 is 2.16 bits per heavy atom. The van der Waals surface area contributed by atoms with Gasteiger partial charge in [0.25, 0.3) is 5.91 Å². The van der Waals surface area contributed by atoms with Gasteiger partial charge in [-0.25, -0.2) is 4.98 Å². The number of aliphatic hydroxyl groups excluding tert-OH is 1. The summed E-state index contributed by atoms with van der Waals surface area (Å²) < 4.78 is 0. The Balaban J connectivity index is 2.75. The van der Waals surface area contributed by atoms with E-state index in [9.17, 15) is 9.90 Å². The number of nitrogens with zero attached hydrogens (tertiary/aromatic N) is 1. The molecule has 2 N–H and O–H groups in total. The molecule has 1 aromatic heterocycles. The summed E-state index contributed by atoms with van der Waals surface area (Å²) in [5, 5.41) is 13.1. The van der Waals surface area contributed by atoms with Crippen LogP contribution in [0.3, 0.4) is 0 Å². The van der Waals surface area contributed by atoms with Gasteiger partial charge >= 0.3 is 0 Å². The van der Waals surface area contributed by atoms with Crippen molar-refractivity contribution in [3.63, 3.8) is 0 Å². The highest BCUT2D eigenvalue weighted by molar-refractivity contribution is 7.98. The van der Waals surface area contributed by atoms with Crippen molar-refractivity contribution in [2.45, 2.75) is 31.7 Å². The zero-order valence-electron chi connectivity index (χ0n) is 11.8. The molecule has 0 aromatic carbocycles. The van der Waals surface area contributed by atoms with Crippen LogP contribution in [0.4, 0.5) is 0 Å². The summed E-state index contributed by atoms with van der Waals surface area (Å²) in [4.78, 5) is 16.3. The SMILES string of the molecule is CCC(CC)(CO)CNC(=O)c1cccnc1SC. The first kappa shape index (κ1) is 16.0. The van der Waals surface area contributed by atoms with Gasteiger partial charge in [0.1, 0.15) is 5.03 Å². The minimum atomic E-state index is -0.225. The van der Waals surface area contributed by atoms with Crippen LogP contribution in [0.15, 0.2) is 23.4 Å². The van der Waals surface area contributed by atoms with Gasteiger partial charge in [-0.1, -0.05) is 13.8 Å². The van der Waals surface area contributed by atoms with E-state index in [1.807, 2.05) is 20.1 Å². The molecule has 1 heterocycles. The molecule has 0 radical (unpaired) electrons. The lowest BCUT2D eigenvalue weighted by Crippen LogP contribution is -2.39. The number of rotatable bonds is 7. The van der Waals surface area contributed by atoms with Crippen LogP contribution in [0.25, 0.3) is 0 Å². The first-order chi connectivity index (χ1) is 9.12. The fourth-order valence-electron chi connectivity index (χ4n) is 1.87. The summed E-state index contributed by atoms with van der Waals surface area (Å²) in [5.74, 6) is -0.128. The molecule has 0 aliphatic heterocycles. The van der Waals surface area contributed by atoms with Crippen LogP contribution in [0.1, 0.15) is 37.0 Å². The van der Waals surface area contributed by atoms with Crippen molar-refractivity contribution in [1.29, 1.82) is 0 Å². The molecule has 0 aliphatic rings. The molecular weight excluding hydrogens is 260 g/mol. The van der Waals surface area contributed by atoms with Crippen LogP contribution in [0.5, 0.6) is 0 Å². The van der Waals surface area contributed by atoms with E-state index in [4.69, 9.17) is 0 Å². The largest absolute Gasteiger partial charge is 0.396 e. The molecule has 0 fully saturated rings. The van der Waals surface area contributed by atoms with Crippen LogP contribution in [0.2, 0.25) is 0 Å². The molecular formula is C14H22N2O2S. The van der Waals surface area contributed by atoms with E-state index in [2.05, 4.69) is 10.3 Å². The summed E-state index contributed by atoms with van der Waals surface area (Å²) in [7, 11) is 0. The molecule has 0 unspecified atom stereocenters. The van der Waals surface area contributed by atoms with Crippen LogP contribution >= 0.6 is 11.8 Å². The summed E-state index contributed by atoms with van der Waals surface area (Å²) in [6.07, 6.45) is 5.25. The Morgan fingerprint density at radius 3 is 2.68 bits per heavy atom. The maximum Gasteiger partial charge on any atom is 0.254 e. The molecule has 106 valence electrons. The van der Waals surface area contributed by atoms with E-state index in [-0.39, 0.29) is 17.9 Å². The maximum atomic E-state index is 12.2. The fourth-order valence-corrected chi connectivity index (χ4v) is 2.42. The molecule has 0 saturated heterocycles. The van der Waals surface area contributed by atoms with Crippen molar-refractivity contribution >= 4 is 17.7 Å². The van der Waals surface area contributed by atoms with E-state index >= 15 is 0 Å². The van der Waals surface area contributed by atoms with E-state index in [0.29, 0.717) is 12.1 Å². The number of thioether (sulfide) groups is 1. The number of aliphatic hydroxyl groups is 1. The van der Waals surface area contributed by atoms with Crippen LogP contribution in [0, 0.1) is 5.41 Å². The molecule has 0 saturated carbocycles. The van der Waals surface area contributed by atoms with Gasteiger partial charge in [0.15, 0.2) is 0 Å². The first-order valence-electron chi connectivity index (χ1n) is 6.50. The number of hydrogen-bond acceptors (Lipinski definition) is 4. The highest BCUT2D eigenvalue weighted by Crippen LogP contribution is 2.25. The molecule has 1 amide bonds. The van der Waals surface area contributed by atoms with Gasteiger partial charge < -0.3 is 10.4 Å². The smallest absolute Gasteiger partial charge is 0.254 e. The summed E-state index contributed by atoms with van der Waals surface area (Å²) in [6, 6.07) is 3.53. The quantitative estimate of drug-likeness (QED) is 0.754. The maximum absolute atomic E-state index is 12.2. The number of amides is 1. The van der Waals surface area contributed by atoms with Crippen LogP contribution in [-0.2, 0) is 0 Å². The lowest BCUT2D eigenvalue weighted by Gasteiger charge is -2.29. The third kappa shape index (κ3) is 3.94. The Morgan fingerprint density at radius 1 is 1.47 bits per heavy atom. The topological polar surface area (TPSA) is 62.2 Å². The molecule has 1 rings (SSSR count). The average Bonchev–Trinajstić information content (AvgIpc) is 2.49. The van der Waals surface area contributed by atoms with Crippen LogP contribution in [-0.4, -0.2) is 35.4 Å². The monoisotopic (exact) mass is 282 g/mol. The van der Waals surface area contributed by atoms with E-state index in [1.165, 1.54) is 11.8 Å². The average molecular weight is 282 g/mol. The van der Waals surface area contributed by atoms with Gasteiger partial charge in [-0.05, 0) is 31.2 Å². The third-order valence-corrected chi connectivity index (χ3v) is 4.38. The summed E-state index contributed by atoms with van der Waals surface area (Å²) >= 11 is 1.45. The lowest BCUT2D eigenvalue weighted by molar-refractivity contribution is 0.0848. The molecule has 4 nitrogen and oxygen atoms in total. The highest BCUT2D eigenvalue weighted by Gasteiger charge is 2.26. The second-order valence-electron chi connectivity index (χ2n) is 4.61. The molecule has 0 bridgehead atoms.